The van der Waals surface area contributed by atoms with Crippen molar-refractivity contribution in [2.45, 2.75) is 23.5 Å². The van der Waals surface area contributed by atoms with Crippen LogP contribution in [0.15, 0.2) is 46.4 Å². The molecule has 0 fully saturated rings. The molecule has 1 aliphatic rings. The quantitative estimate of drug-likeness (QED) is 0.301. The zero-order valence-electron chi connectivity index (χ0n) is 13.6. The Labute approximate surface area is 158 Å². The molecule has 0 saturated heterocycles. The highest BCUT2D eigenvalue weighted by Gasteiger charge is 2.44. The molecule has 3 rings (SSSR count). The summed E-state index contributed by atoms with van der Waals surface area (Å²) >= 11 is 0.456. The van der Waals surface area contributed by atoms with Crippen molar-refractivity contribution in [1.29, 1.82) is 0 Å². The van der Waals surface area contributed by atoms with Gasteiger partial charge in [0.2, 0.25) is 0 Å². The first-order valence-electron chi connectivity index (χ1n) is 7.54. The second kappa shape index (κ2) is 7.99. The minimum Gasteiger partial charge on any atom is -0.254 e. The minimum absolute atomic E-state index is 0.143. The zero-order chi connectivity index (χ0) is 20.5. The number of hydrogen-bond acceptors (Lipinski definition) is 6. The number of nitrogens with zero attached hydrogens (tertiary/aromatic N) is 2. The molecular formula is C16H10F6N2O3S. The summed E-state index contributed by atoms with van der Waals surface area (Å²) in [7, 11) is 0. The Morgan fingerprint density at radius 3 is 2.43 bits per heavy atom. The maximum atomic E-state index is 14.5. The molecule has 2 aromatic carbocycles. The number of hydrazone groups is 1. The molecule has 1 N–H and O–H groups in total. The highest BCUT2D eigenvalue weighted by molar-refractivity contribution is 7.94. The van der Waals surface area contributed by atoms with Crippen molar-refractivity contribution in [3.8, 4) is 0 Å². The van der Waals surface area contributed by atoms with Crippen LogP contribution in [0.5, 0.6) is 0 Å². The largest absolute Gasteiger partial charge is 0.431 e. The van der Waals surface area contributed by atoms with Crippen LogP contribution in [0.1, 0.15) is 18.0 Å². The highest BCUT2D eigenvalue weighted by atomic mass is 32.2. The minimum atomic E-state index is -4.80. The molecule has 0 aliphatic carbocycles. The van der Waals surface area contributed by atoms with Gasteiger partial charge in [-0.2, -0.15) is 18.3 Å². The van der Waals surface area contributed by atoms with E-state index in [-0.39, 0.29) is 10.5 Å². The summed E-state index contributed by atoms with van der Waals surface area (Å²) in [6.45, 7) is 0. The molecule has 1 heterocycles. The lowest BCUT2D eigenvalue weighted by atomic mass is 10.0. The molecule has 28 heavy (non-hydrogen) atoms. The maximum Gasteiger partial charge on any atom is 0.431 e. The summed E-state index contributed by atoms with van der Waals surface area (Å²) in [5, 5.41) is 15.6. The Hall–Kier alpha value is -2.28. The van der Waals surface area contributed by atoms with Crippen molar-refractivity contribution in [3.63, 3.8) is 0 Å². The Balaban J connectivity index is 2.01. The lowest BCUT2D eigenvalue weighted by Crippen LogP contribution is -2.22. The Kier molecular flexibility index (Phi) is 5.84. The molecule has 1 atom stereocenters. The van der Waals surface area contributed by atoms with Gasteiger partial charge in [-0.05, 0) is 24.3 Å². The molecular weight excluding hydrogens is 414 g/mol. The number of hydrogen-bond donors (Lipinski definition) is 1. The van der Waals surface area contributed by atoms with Gasteiger partial charge in [0, 0.05) is 22.9 Å². The third-order valence-electron chi connectivity index (χ3n) is 3.89. The standard InChI is InChI=1S/C16H10F6N2O3S/c17-8-1-4-13(12(19)5-8)24-14(7-15(23-24)16(20,21)22)10-3-2-9(6-11(10)18)28-27-26-25/h1-6,14,25H,7H2/t14-/m1/s1. The molecule has 0 bridgehead atoms. The van der Waals surface area contributed by atoms with Crippen LogP contribution in [-0.4, -0.2) is 17.1 Å². The van der Waals surface area contributed by atoms with Gasteiger partial charge in [-0.15, -0.1) is 4.33 Å². The van der Waals surface area contributed by atoms with Crippen LogP contribution in [0.4, 0.5) is 32.0 Å². The van der Waals surface area contributed by atoms with Gasteiger partial charge in [0.15, 0.2) is 5.82 Å². The summed E-state index contributed by atoms with van der Waals surface area (Å²) in [6.07, 6.45) is -5.54. The number of alkyl halides is 3. The summed E-state index contributed by atoms with van der Waals surface area (Å²) in [5.74, 6) is -2.98. The average Bonchev–Trinajstić information content (AvgIpc) is 3.05. The van der Waals surface area contributed by atoms with Crippen LogP contribution in [0.25, 0.3) is 0 Å². The average molecular weight is 424 g/mol. The van der Waals surface area contributed by atoms with Gasteiger partial charge >= 0.3 is 6.18 Å². The lowest BCUT2D eigenvalue weighted by Gasteiger charge is -2.24. The van der Waals surface area contributed by atoms with Gasteiger partial charge < -0.3 is 0 Å². The first-order valence-corrected chi connectivity index (χ1v) is 8.28. The van der Waals surface area contributed by atoms with E-state index < -0.39 is 47.5 Å². The monoisotopic (exact) mass is 424 g/mol. The molecule has 2 aromatic rings. The molecule has 150 valence electrons. The number of rotatable bonds is 5. The predicted molar refractivity (Wildman–Crippen MR) is 86.7 cm³/mol. The molecule has 0 radical (unpaired) electrons. The molecule has 0 spiro atoms. The van der Waals surface area contributed by atoms with Crippen molar-refractivity contribution >= 4 is 23.4 Å². The number of benzene rings is 2. The highest BCUT2D eigenvalue weighted by Crippen LogP contribution is 2.41. The van der Waals surface area contributed by atoms with Crippen LogP contribution in [0, 0.1) is 17.5 Å². The molecule has 0 amide bonds. The van der Waals surface area contributed by atoms with Gasteiger partial charge in [0.1, 0.15) is 17.3 Å². The molecule has 0 saturated carbocycles. The van der Waals surface area contributed by atoms with E-state index in [2.05, 4.69) is 14.5 Å². The SMILES string of the molecule is OOOSc1ccc([C@H]2CC(C(F)(F)F)=NN2c2ccc(F)cc2F)c(F)c1. The van der Waals surface area contributed by atoms with Crippen LogP contribution >= 0.6 is 12.0 Å². The van der Waals surface area contributed by atoms with Crippen molar-refractivity contribution in [3.05, 3.63) is 59.4 Å². The first kappa shape index (κ1) is 20.5. The van der Waals surface area contributed by atoms with E-state index in [0.29, 0.717) is 23.1 Å². The van der Waals surface area contributed by atoms with E-state index in [1.165, 1.54) is 12.1 Å². The van der Waals surface area contributed by atoms with E-state index in [9.17, 15) is 26.3 Å². The van der Waals surface area contributed by atoms with Gasteiger partial charge in [0.05, 0.1) is 23.8 Å². The van der Waals surface area contributed by atoms with Crippen molar-refractivity contribution < 1.29 is 41.0 Å². The molecule has 12 heteroatoms. The Morgan fingerprint density at radius 1 is 1.07 bits per heavy atom. The summed E-state index contributed by atoms with van der Waals surface area (Å²) in [6, 6.07) is 4.37. The van der Waals surface area contributed by atoms with Crippen molar-refractivity contribution in [2.24, 2.45) is 5.10 Å². The summed E-state index contributed by atoms with van der Waals surface area (Å²) < 4.78 is 85.4. The predicted octanol–water partition coefficient (Wildman–Crippen LogP) is 5.40. The maximum absolute atomic E-state index is 14.5. The van der Waals surface area contributed by atoms with Crippen LogP contribution < -0.4 is 5.01 Å². The van der Waals surface area contributed by atoms with Crippen molar-refractivity contribution in [2.75, 3.05) is 5.01 Å². The first-order chi connectivity index (χ1) is 13.2. The van der Waals surface area contributed by atoms with E-state index in [4.69, 9.17) is 5.26 Å². The Bertz CT molecular complexity index is 908. The Morgan fingerprint density at radius 2 is 1.82 bits per heavy atom. The number of halogens is 6. The van der Waals surface area contributed by atoms with Gasteiger partial charge in [0.25, 0.3) is 0 Å². The third kappa shape index (κ3) is 4.24. The molecule has 1 aliphatic heterocycles. The molecule has 5 nitrogen and oxygen atoms in total. The summed E-state index contributed by atoms with van der Waals surface area (Å²) in [5.41, 5.74) is -1.85. The topological polar surface area (TPSA) is 54.3 Å². The van der Waals surface area contributed by atoms with Crippen LogP contribution in [-0.2, 0) is 9.37 Å². The van der Waals surface area contributed by atoms with Crippen LogP contribution in [0.2, 0.25) is 0 Å². The van der Waals surface area contributed by atoms with Gasteiger partial charge in [-0.3, -0.25) is 5.01 Å². The molecule has 0 unspecified atom stereocenters. The molecule has 0 aromatic heterocycles. The fourth-order valence-electron chi connectivity index (χ4n) is 2.70. The van der Waals surface area contributed by atoms with Crippen molar-refractivity contribution in [1.82, 2.24) is 0 Å². The summed E-state index contributed by atoms with van der Waals surface area (Å²) in [4.78, 5) is 0.143. The smallest absolute Gasteiger partial charge is 0.254 e. The second-order valence-electron chi connectivity index (χ2n) is 5.61. The van der Waals surface area contributed by atoms with E-state index in [1.54, 1.807) is 0 Å². The van der Waals surface area contributed by atoms with Gasteiger partial charge in [-0.1, -0.05) is 11.1 Å². The van der Waals surface area contributed by atoms with Gasteiger partial charge in [-0.25, -0.2) is 18.4 Å². The fraction of sp³-hybridized carbons (Fsp3) is 0.188. The zero-order valence-corrected chi connectivity index (χ0v) is 14.4. The van der Waals surface area contributed by atoms with E-state index >= 15 is 0 Å². The second-order valence-corrected chi connectivity index (χ2v) is 6.39. The van der Waals surface area contributed by atoms with E-state index in [0.717, 1.165) is 18.2 Å². The van der Waals surface area contributed by atoms with Crippen LogP contribution in [0.3, 0.4) is 0 Å². The fourth-order valence-corrected chi connectivity index (χ4v) is 3.08. The number of anilines is 1. The lowest BCUT2D eigenvalue weighted by molar-refractivity contribution is -0.432. The van der Waals surface area contributed by atoms with E-state index in [1.807, 2.05) is 0 Å². The third-order valence-corrected chi connectivity index (χ3v) is 4.46. The normalized spacial score (nSPS) is 17.2.